The molecule has 2 atom stereocenters. The van der Waals surface area contributed by atoms with Gasteiger partial charge in [0, 0.05) is 37.8 Å². The topological polar surface area (TPSA) is 70.6 Å². The highest BCUT2D eigenvalue weighted by molar-refractivity contribution is 7.89. The molecule has 1 aliphatic carbocycles. The summed E-state index contributed by atoms with van der Waals surface area (Å²) in [5.41, 5.74) is 2.74. The second-order valence-corrected chi connectivity index (χ2v) is 12.8. The van der Waals surface area contributed by atoms with Crippen molar-refractivity contribution in [3.05, 3.63) is 58.7 Å². The molecule has 2 unspecified atom stereocenters. The van der Waals surface area contributed by atoms with Crippen molar-refractivity contribution in [2.45, 2.75) is 69.6 Å². The number of hydrogen-bond donors (Lipinski definition) is 0. The van der Waals surface area contributed by atoms with Gasteiger partial charge in [0.2, 0.25) is 10.0 Å². The summed E-state index contributed by atoms with van der Waals surface area (Å²) in [7, 11) is -3.77. The fourth-order valence-corrected chi connectivity index (χ4v) is 7.76. The van der Waals surface area contributed by atoms with Crippen molar-refractivity contribution in [3.8, 4) is 0 Å². The summed E-state index contributed by atoms with van der Waals surface area (Å²) in [6.45, 7) is 5.81. The van der Waals surface area contributed by atoms with Crippen LogP contribution in [0.4, 0.5) is 4.39 Å². The minimum atomic E-state index is -3.77. The third-order valence-electron chi connectivity index (χ3n) is 8.49. The molecule has 1 aromatic heterocycles. The van der Waals surface area contributed by atoms with Crippen LogP contribution in [-0.2, 0) is 10.0 Å². The molecule has 1 saturated carbocycles. The zero-order valence-electron chi connectivity index (χ0n) is 21.2. The van der Waals surface area contributed by atoms with Gasteiger partial charge in [-0.15, -0.1) is 0 Å². The van der Waals surface area contributed by atoms with E-state index in [1.807, 2.05) is 24.0 Å². The summed E-state index contributed by atoms with van der Waals surface area (Å²) in [6, 6.07) is 7.87. The van der Waals surface area contributed by atoms with Crippen molar-refractivity contribution < 1.29 is 17.6 Å². The van der Waals surface area contributed by atoms with Crippen molar-refractivity contribution in [1.29, 1.82) is 0 Å². The second-order valence-electron chi connectivity index (χ2n) is 10.8. The third kappa shape index (κ3) is 4.94. The van der Waals surface area contributed by atoms with E-state index in [0.29, 0.717) is 43.0 Å². The molecule has 5 rings (SSSR count). The van der Waals surface area contributed by atoms with E-state index < -0.39 is 15.8 Å². The lowest BCUT2D eigenvalue weighted by Gasteiger charge is -2.41. The number of nitrogens with zero attached hydrogens (tertiary/aromatic N) is 3. The zero-order valence-corrected chi connectivity index (χ0v) is 22.1. The summed E-state index contributed by atoms with van der Waals surface area (Å²) in [6.07, 6.45) is 7.32. The summed E-state index contributed by atoms with van der Waals surface area (Å²) >= 11 is 0. The Morgan fingerprint density at radius 1 is 0.944 bits per heavy atom. The highest BCUT2D eigenvalue weighted by atomic mass is 32.2. The number of hydrogen-bond acceptors (Lipinski definition) is 4. The van der Waals surface area contributed by atoms with Crippen LogP contribution in [0.25, 0.3) is 0 Å². The lowest BCUT2D eigenvalue weighted by atomic mass is 9.75. The molecule has 2 saturated heterocycles. The maximum Gasteiger partial charge on any atom is 0.255 e. The predicted octanol–water partition coefficient (Wildman–Crippen LogP) is 5.06. The van der Waals surface area contributed by atoms with Crippen LogP contribution in [0, 0.1) is 31.5 Å². The van der Waals surface area contributed by atoms with E-state index in [-0.39, 0.29) is 16.7 Å². The fraction of sp³-hybridized carbons (Fsp3) is 0.571. The summed E-state index contributed by atoms with van der Waals surface area (Å²) in [5, 5.41) is 0. The van der Waals surface area contributed by atoms with Crippen LogP contribution < -0.4 is 0 Å². The van der Waals surface area contributed by atoms with Crippen molar-refractivity contribution in [2.75, 3.05) is 26.2 Å². The number of fused-ring (bicyclic) bond motifs is 1. The average Bonchev–Trinajstić information content (AvgIpc) is 2.89. The van der Waals surface area contributed by atoms with Crippen molar-refractivity contribution in [3.63, 3.8) is 0 Å². The first kappa shape index (κ1) is 25.3. The number of sulfonamides is 1. The fourth-order valence-electron chi connectivity index (χ4n) is 6.28. The summed E-state index contributed by atoms with van der Waals surface area (Å²) in [5.74, 6) is 0.921. The Morgan fingerprint density at radius 3 is 2.39 bits per heavy atom. The highest BCUT2D eigenvalue weighted by Crippen LogP contribution is 2.37. The van der Waals surface area contributed by atoms with Crippen LogP contribution in [0.5, 0.6) is 0 Å². The molecule has 2 aliphatic heterocycles. The lowest BCUT2D eigenvalue weighted by Crippen LogP contribution is -2.45. The van der Waals surface area contributed by atoms with Gasteiger partial charge >= 0.3 is 0 Å². The Hall–Kier alpha value is -2.32. The average molecular weight is 514 g/mol. The normalized spacial score (nSPS) is 23.9. The molecule has 1 amide bonds. The van der Waals surface area contributed by atoms with Crippen LogP contribution in [0.2, 0.25) is 0 Å². The quantitative estimate of drug-likeness (QED) is 0.573. The number of benzene rings is 1. The predicted molar refractivity (Wildman–Crippen MR) is 137 cm³/mol. The monoisotopic (exact) mass is 513 g/mol. The Balaban J connectivity index is 1.31. The molecular formula is C28H36FN3O3S. The Bertz CT molecular complexity index is 1240. The van der Waals surface area contributed by atoms with Gasteiger partial charge in [-0.25, -0.2) is 12.8 Å². The number of halogens is 1. The van der Waals surface area contributed by atoms with Crippen molar-refractivity contribution >= 4 is 15.9 Å². The lowest BCUT2D eigenvalue weighted by molar-refractivity contribution is 0.0518. The van der Waals surface area contributed by atoms with Crippen molar-refractivity contribution in [1.82, 2.24) is 14.2 Å². The highest BCUT2D eigenvalue weighted by Gasteiger charge is 2.36. The first-order chi connectivity index (χ1) is 17.2. The minimum absolute atomic E-state index is 0.0114. The number of amides is 1. The third-order valence-corrected chi connectivity index (χ3v) is 10.4. The number of rotatable bonds is 4. The molecule has 0 radical (unpaired) electrons. The molecule has 2 aromatic rings. The first-order valence-electron chi connectivity index (χ1n) is 13.3. The second kappa shape index (κ2) is 10.2. The molecule has 6 nitrogen and oxygen atoms in total. The SMILES string of the molecule is Cc1ccc(C(=O)N2CCC3CCCCC3C2)c(C2CCN(S(=O)(=O)c3ccc(C)c(F)c3)CC2)n1. The van der Waals surface area contributed by atoms with E-state index in [1.165, 1.54) is 42.1 Å². The van der Waals surface area contributed by atoms with E-state index >= 15 is 0 Å². The van der Waals surface area contributed by atoms with Gasteiger partial charge in [-0.3, -0.25) is 9.78 Å². The molecular weight excluding hydrogens is 477 g/mol. The molecule has 8 heteroatoms. The Labute approximate surface area is 214 Å². The number of carbonyl (C=O) groups excluding carboxylic acids is 1. The van der Waals surface area contributed by atoms with Crippen molar-refractivity contribution in [2.24, 2.45) is 11.8 Å². The number of pyridine rings is 1. The minimum Gasteiger partial charge on any atom is -0.338 e. The van der Waals surface area contributed by atoms with Crippen LogP contribution in [0.3, 0.4) is 0 Å². The molecule has 0 bridgehead atoms. The number of aryl methyl sites for hydroxylation is 2. The van der Waals surface area contributed by atoms with Gasteiger partial charge in [-0.2, -0.15) is 4.31 Å². The van der Waals surface area contributed by atoms with Gasteiger partial charge in [0.05, 0.1) is 16.2 Å². The first-order valence-corrected chi connectivity index (χ1v) is 14.7. The Kier molecular flexibility index (Phi) is 7.18. The zero-order chi connectivity index (χ0) is 25.4. The van der Waals surface area contributed by atoms with Gasteiger partial charge in [0.1, 0.15) is 5.82 Å². The maximum absolute atomic E-state index is 14.0. The number of carbonyl (C=O) groups is 1. The van der Waals surface area contributed by atoms with Gasteiger partial charge in [0.15, 0.2) is 0 Å². The van der Waals surface area contributed by atoms with E-state index in [2.05, 4.69) is 0 Å². The molecule has 194 valence electrons. The Morgan fingerprint density at radius 2 is 1.67 bits per heavy atom. The summed E-state index contributed by atoms with van der Waals surface area (Å²) < 4.78 is 41.7. The smallest absolute Gasteiger partial charge is 0.255 e. The van der Waals surface area contributed by atoms with Crippen LogP contribution >= 0.6 is 0 Å². The molecule has 0 N–H and O–H groups in total. The molecule has 3 heterocycles. The molecule has 3 fully saturated rings. The molecule has 1 aromatic carbocycles. The van der Waals surface area contributed by atoms with E-state index in [1.54, 1.807) is 6.92 Å². The molecule has 0 spiro atoms. The number of likely N-dealkylation sites (tertiary alicyclic amines) is 1. The van der Waals surface area contributed by atoms with Gasteiger partial charge in [-0.1, -0.05) is 25.3 Å². The van der Waals surface area contributed by atoms with Gasteiger partial charge in [-0.05, 0) is 81.2 Å². The molecule has 36 heavy (non-hydrogen) atoms. The molecule has 3 aliphatic rings. The van der Waals surface area contributed by atoms with Gasteiger partial charge in [0.25, 0.3) is 5.91 Å². The van der Waals surface area contributed by atoms with E-state index in [9.17, 15) is 17.6 Å². The number of aromatic nitrogens is 1. The van der Waals surface area contributed by atoms with Gasteiger partial charge < -0.3 is 4.90 Å². The number of piperidine rings is 2. The summed E-state index contributed by atoms with van der Waals surface area (Å²) in [4.78, 5) is 20.5. The maximum atomic E-state index is 14.0. The van der Waals surface area contributed by atoms with Crippen LogP contribution in [-0.4, -0.2) is 54.7 Å². The standard InChI is InChI=1S/C28H36FN3O3S/c1-19-7-9-24(17-26(19)29)36(34,35)32-15-12-22(13-16-32)27-25(10-8-20(2)30-27)28(33)31-14-11-21-5-3-4-6-23(21)18-31/h7-10,17,21-23H,3-6,11-16,18H2,1-2H3. The van der Waals surface area contributed by atoms with Crippen LogP contribution in [0.1, 0.15) is 78.2 Å². The van der Waals surface area contributed by atoms with E-state index in [0.717, 1.165) is 42.9 Å². The largest absolute Gasteiger partial charge is 0.338 e. The van der Waals surface area contributed by atoms with Crippen LogP contribution in [0.15, 0.2) is 35.2 Å². The van der Waals surface area contributed by atoms with E-state index in [4.69, 9.17) is 4.98 Å².